The van der Waals surface area contributed by atoms with Gasteiger partial charge in [-0.2, -0.15) is 0 Å². The van der Waals surface area contributed by atoms with Gasteiger partial charge in [0.05, 0.1) is 6.10 Å². The fourth-order valence-electron chi connectivity index (χ4n) is 5.05. The summed E-state index contributed by atoms with van der Waals surface area (Å²) >= 11 is 0. The van der Waals surface area contributed by atoms with Crippen LogP contribution >= 0.6 is 0 Å². The first-order valence-corrected chi connectivity index (χ1v) is 17.2. The third kappa shape index (κ3) is 31.2. The minimum absolute atomic E-state index is 0.154. The van der Waals surface area contributed by atoms with Crippen molar-refractivity contribution in [1.82, 2.24) is 0 Å². The molecule has 0 aliphatic rings. The second kappa shape index (κ2) is 31.4. The smallest absolute Gasteiger partial charge is 0.313 e. The van der Waals surface area contributed by atoms with Crippen LogP contribution in [0.15, 0.2) is 12.2 Å². The summed E-state index contributed by atoms with van der Waals surface area (Å²) in [5.41, 5.74) is 0. The number of unbranched alkanes of at least 4 members (excludes halogenated alkanes) is 20. The van der Waals surface area contributed by atoms with Gasteiger partial charge in [-0.15, -0.1) is 0 Å². The lowest BCUT2D eigenvalue weighted by atomic mass is 10.0. The number of carbonyl (C=O) groups is 2. The van der Waals surface area contributed by atoms with E-state index in [-0.39, 0.29) is 18.0 Å². The van der Waals surface area contributed by atoms with Gasteiger partial charge in [-0.3, -0.25) is 9.59 Å². The second-order valence-electron chi connectivity index (χ2n) is 11.7. The molecule has 0 spiro atoms. The summed E-state index contributed by atoms with van der Waals surface area (Å²) in [5.74, 6) is -0.737. The minimum Gasteiger partial charge on any atom is -0.393 e. The maximum atomic E-state index is 11.9. The Kier molecular flexibility index (Phi) is 30.4. The summed E-state index contributed by atoms with van der Waals surface area (Å²) in [6.07, 6.45) is 35.6. The summed E-state index contributed by atoms with van der Waals surface area (Å²) in [7, 11) is 0. The number of allylic oxidation sites excluding steroid dienone is 2. The maximum Gasteiger partial charge on any atom is 0.313 e. The number of esters is 2. The predicted octanol–water partition coefficient (Wildman–Crippen LogP) is 10.9. The summed E-state index contributed by atoms with van der Waals surface area (Å²) < 4.78 is 4.98. The van der Waals surface area contributed by atoms with E-state index < -0.39 is 0 Å². The molecule has 4 heteroatoms. The Morgan fingerprint density at radius 1 is 0.513 bits per heavy atom. The molecule has 0 aliphatic carbocycles. The van der Waals surface area contributed by atoms with Gasteiger partial charge in [-0.05, 0) is 51.4 Å². The topological polar surface area (TPSA) is 63.6 Å². The van der Waals surface area contributed by atoms with Crippen LogP contribution in [0, 0.1) is 0 Å². The number of carbonyl (C=O) groups excluding carboxylic acids is 2. The molecular formula is C35H66O4. The SMILES string of the molecule is CCCCCCCC/C=C\CCCCCCCC(=O)OC(=O)CCCCCCCC(O)CCCCCCCC. The Bertz CT molecular complexity index is 557. The van der Waals surface area contributed by atoms with Crippen LogP contribution in [0.2, 0.25) is 0 Å². The number of rotatable bonds is 30. The Morgan fingerprint density at radius 3 is 1.26 bits per heavy atom. The molecule has 0 rings (SSSR count). The van der Waals surface area contributed by atoms with E-state index in [1.807, 2.05) is 0 Å². The number of ether oxygens (including phenoxy) is 1. The van der Waals surface area contributed by atoms with Crippen molar-refractivity contribution in [2.45, 2.75) is 200 Å². The molecular weight excluding hydrogens is 484 g/mol. The first-order valence-electron chi connectivity index (χ1n) is 17.2. The Balaban J connectivity index is 3.41. The Labute approximate surface area is 243 Å². The molecule has 0 aliphatic heterocycles. The van der Waals surface area contributed by atoms with Gasteiger partial charge >= 0.3 is 11.9 Å². The fraction of sp³-hybridized carbons (Fsp3) is 0.886. The molecule has 0 bridgehead atoms. The maximum absolute atomic E-state index is 11.9. The van der Waals surface area contributed by atoms with Gasteiger partial charge in [0.1, 0.15) is 0 Å². The molecule has 0 radical (unpaired) electrons. The number of aliphatic hydroxyl groups excluding tert-OH is 1. The minimum atomic E-state index is -0.373. The van der Waals surface area contributed by atoms with E-state index in [2.05, 4.69) is 26.0 Å². The lowest BCUT2D eigenvalue weighted by Crippen LogP contribution is -2.11. The van der Waals surface area contributed by atoms with Gasteiger partial charge in [0.25, 0.3) is 0 Å². The molecule has 4 nitrogen and oxygen atoms in total. The van der Waals surface area contributed by atoms with Crippen LogP contribution in [0.5, 0.6) is 0 Å². The van der Waals surface area contributed by atoms with Gasteiger partial charge in [-0.1, -0.05) is 142 Å². The molecule has 0 aromatic heterocycles. The van der Waals surface area contributed by atoms with Crippen molar-refractivity contribution in [3.8, 4) is 0 Å². The average molecular weight is 551 g/mol. The van der Waals surface area contributed by atoms with Gasteiger partial charge in [0.2, 0.25) is 0 Å². The van der Waals surface area contributed by atoms with Crippen LogP contribution in [0.25, 0.3) is 0 Å². The van der Waals surface area contributed by atoms with Gasteiger partial charge in [-0.25, -0.2) is 0 Å². The van der Waals surface area contributed by atoms with Crippen molar-refractivity contribution in [1.29, 1.82) is 0 Å². The van der Waals surface area contributed by atoms with Crippen molar-refractivity contribution in [3.05, 3.63) is 12.2 Å². The van der Waals surface area contributed by atoms with Crippen molar-refractivity contribution in [2.75, 3.05) is 0 Å². The molecule has 0 heterocycles. The van der Waals surface area contributed by atoms with Gasteiger partial charge < -0.3 is 9.84 Å². The lowest BCUT2D eigenvalue weighted by molar-refractivity contribution is -0.159. The van der Waals surface area contributed by atoms with Crippen LogP contribution < -0.4 is 0 Å². The summed E-state index contributed by atoms with van der Waals surface area (Å²) in [6.45, 7) is 4.49. The first kappa shape index (κ1) is 37.8. The third-order valence-corrected chi connectivity index (χ3v) is 7.68. The van der Waals surface area contributed by atoms with Crippen molar-refractivity contribution in [3.63, 3.8) is 0 Å². The molecule has 230 valence electrons. The van der Waals surface area contributed by atoms with E-state index in [4.69, 9.17) is 4.74 Å². The zero-order chi connectivity index (χ0) is 28.7. The van der Waals surface area contributed by atoms with Crippen LogP contribution in [-0.4, -0.2) is 23.1 Å². The summed E-state index contributed by atoms with van der Waals surface area (Å²) in [5, 5.41) is 10.1. The standard InChI is InChI=1S/C35H66O4/c1-3-5-7-9-11-12-13-14-15-16-17-18-19-23-27-31-34(37)39-35(38)32-28-24-20-22-26-30-33(36)29-25-21-10-8-6-4-2/h14-15,33,36H,3-13,16-32H2,1-2H3/b15-14-. The van der Waals surface area contributed by atoms with Crippen LogP contribution in [-0.2, 0) is 14.3 Å². The van der Waals surface area contributed by atoms with E-state index in [9.17, 15) is 14.7 Å². The largest absolute Gasteiger partial charge is 0.393 e. The number of aliphatic hydroxyl groups is 1. The molecule has 0 aromatic rings. The normalized spacial score (nSPS) is 12.3. The fourth-order valence-corrected chi connectivity index (χ4v) is 5.05. The number of hydrogen-bond acceptors (Lipinski definition) is 4. The molecule has 0 fully saturated rings. The molecule has 0 saturated heterocycles. The highest BCUT2D eigenvalue weighted by atomic mass is 16.6. The molecule has 1 N–H and O–H groups in total. The molecule has 1 atom stereocenters. The van der Waals surface area contributed by atoms with E-state index in [1.54, 1.807) is 0 Å². The van der Waals surface area contributed by atoms with Crippen LogP contribution in [0.4, 0.5) is 0 Å². The monoisotopic (exact) mass is 550 g/mol. The van der Waals surface area contributed by atoms with Crippen LogP contribution in [0.3, 0.4) is 0 Å². The van der Waals surface area contributed by atoms with E-state index >= 15 is 0 Å². The summed E-state index contributed by atoms with van der Waals surface area (Å²) in [4.78, 5) is 23.8. The van der Waals surface area contributed by atoms with Crippen molar-refractivity contribution >= 4 is 11.9 Å². The van der Waals surface area contributed by atoms with Gasteiger partial charge in [0, 0.05) is 12.8 Å². The third-order valence-electron chi connectivity index (χ3n) is 7.68. The van der Waals surface area contributed by atoms with E-state index in [0.29, 0.717) is 12.8 Å². The van der Waals surface area contributed by atoms with E-state index in [0.717, 1.165) is 77.0 Å². The van der Waals surface area contributed by atoms with E-state index in [1.165, 1.54) is 89.9 Å². The zero-order valence-corrected chi connectivity index (χ0v) is 26.2. The van der Waals surface area contributed by atoms with Crippen molar-refractivity contribution in [2.24, 2.45) is 0 Å². The predicted molar refractivity (Wildman–Crippen MR) is 167 cm³/mol. The molecule has 0 aromatic carbocycles. The highest BCUT2D eigenvalue weighted by molar-refractivity contribution is 5.85. The zero-order valence-electron chi connectivity index (χ0n) is 26.2. The molecule has 0 saturated carbocycles. The quantitative estimate of drug-likeness (QED) is 0.0418. The van der Waals surface area contributed by atoms with Crippen molar-refractivity contribution < 1.29 is 19.4 Å². The molecule has 39 heavy (non-hydrogen) atoms. The Hall–Kier alpha value is -1.16. The van der Waals surface area contributed by atoms with Crippen LogP contribution in [0.1, 0.15) is 194 Å². The molecule has 0 amide bonds. The second-order valence-corrected chi connectivity index (χ2v) is 11.7. The number of hydrogen-bond donors (Lipinski definition) is 1. The average Bonchev–Trinajstić information content (AvgIpc) is 2.92. The highest BCUT2D eigenvalue weighted by Gasteiger charge is 2.10. The molecule has 1 unspecified atom stereocenters. The highest BCUT2D eigenvalue weighted by Crippen LogP contribution is 2.15. The summed E-state index contributed by atoms with van der Waals surface area (Å²) in [6, 6.07) is 0. The Morgan fingerprint density at radius 2 is 0.846 bits per heavy atom. The van der Waals surface area contributed by atoms with Gasteiger partial charge in [0.15, 0.2) is 0 Å². The lowest BCUT2D eigenvalue weighted by Gasteiger charge is -2.10. The first-order chi connectivity index (χ1) is 19.1.